The third-order valence-corrected chi connectivity index (χ3v) is 12.1. The van der Waals surface area contributed by atoms with Crippen LogP contribution in [0.4, 0.5) is 0 Å². The largest absolute Gasteiger partial charge is 0.481 e. The van der Waals surface area contributed by atoms with Crippen LogP contribution in [0.3, 0.4) is 0 Å². The minimum Gasteiger partial charge on any atom is -0.481 e. The zero-order chi connectivity index (χ0) is 29.0. The Morgan fingerprint density at radius 1 is 0.975 bits per heavy atom. The highest BCUT2D eigenvalue weighted by Crippen LogP contribution is 2.42. The normalized spacial score (nSPS) is 12.5. The lowest BCUT2D eigenvalue weighted by molar-refractivity contribution is -0.137. The number of aryl methyl sites for hydroxylation is 1. The number of ether oxygens (including phenoxy) is 1. The van der Waals surface area contributed by atoms with Crippen LogP contribution in [0, 0.1) is 11.8 Å². The van der Waals surface area contributed by atoms with Gasteiger partial charge >= 0.3 is 5.97 Å². The summed E-state index contributed by atoms with van der Waals surface area (Å²) in [6, 6.07) is 20.8. The molecule has 5 nitrogen and oxygen atoms in total. The number of carboxylic acid groups (broad SMARTS) is 1. The van der Waals surface area contributed by atoms with Crippen molar-refractivity contribution in [2.75, 3.05) is 6.61 Å². The molecular formula is C34H45NO4Si. The van der Waals surface area contributed by atoms with E-state index in [1.165, 1.54) is 5.56 Å². The van der Waals surface area contributed by atoms with Crippen molar-refractivity contribution in [3.63, 3.8) is 0 Å². The predicted molar refractivity (Wildman–Crippen MR) is 166 cm³/mol. The molecule has 1 unspecified atom stereocenters. The molecule has 0 radical (unpaired) electrons. The monoisotopic (exact) mass is 559 g/mol. The molecule has 1 N–H and O–H groups in total. The van der Waals surface area contributed by atoms with Crippen LogP contribution in [-0.2, 0) is 15.6 Å². The zero-order valence-corrected chi connectivity index (χ0v) is 25.8. The number of hydrogen-bond donors (Lipinski definition) is 1. The third-order valence-electron chi connectivity index (χ3n) is 7.60. The number of carboxylic acids is 1. The maximum absolute atomic E-state index is 10.8. The van der Waals surface area contributed by atoms with Crippen molar-refractivity contribution in [2.24, 2.45) is 0 Å². The molecular weight excluding hydrogens is 514 g/mol. The van der Waals surface area contributed by atoms with Gasteiger partial charge in [0.2, 0.25) is 5.88 Å². The first kappa shape index (κ1) is 31.4. The molecule has 0 amide bonds. The lowest BCUT2D eigenvalue weighted by Gasteiger charge is -2.39. The second-order valence-corrected chi connectivity index (χ2v) is 16.6. The Kier molecular flexibility index (Phi) is 11.8. The van der Waals surface area contributed by atoms with Crippen LogP contribution in [-0.4, -0.2) is 31.0 Å². The number of fused-ring (bicyclic) bond motifs is 1. The van der Waals surface area contributed by atoms with Crippen LogP contribution >= 0.6 is 0 Å². The minimum atomic E-state index is -2.14. The van der Waals surface area contributed by atoms with Gasteiger partial charge in [-0.15, -0.1) is 11.8 Å². The molecule has 0 bridgehead atoms. The van der Waals surface area contributed by atoms with Gasteiger partial charge in [-0.25, -0.2) is 4.98 Å². The summed E-state index contributed by atoms with van der Waals surface area (Å²) in [5, 5.41) is 9.99. The Morgan fingerprint density at radius 3 is 2.42 bits per heavy atom. The van der Waals surface area contributed by atoms with E-state index in [1.54, 1.807) is 0 Å². The third kappa shape index (κ3) is 9.80. The Bertz CT molecular complexity index is 1290. The van der Waals surface area contributed by atoms with Gasteiger partial charge in [0.25, 0.3) is 0 Å². The lowest BCUT2D eigenvalue weighted by atomic mass is 10.1. The molecule has 0 aliphatic carbocycles. The molecule has 2 aromatic carbocycles. The van der Waals surface area contributed by atoms with E-state index in [0.29, 0.717) is 31.7 Å². The van der Waals surface area contributed by atoms with E-state index in [4.69, 9.17) is 19.3 Å². The fraction of sp³-hybridized carbons (Fsp3) is 0.471. The van der Waals surface area contributed by atoms with E-state index in [2.05, 4.69) is 88.2 Å². The van der Waals surface area contributed by atoms with Gasteiger partial charge in [0.05, 0.1) is 18.2 Å². The van der Waals surface area contributed by atoms with Gasteiger partial charge in [-0.2, -0.15) is 0 Å². The van der Waals surface area contributed by atoms with E-state index in [1.807, 2.05) is 18.2 Å². The molecule has 0 spiro atoms. The quantitative estimate of drug-likeness (QED) is 0.121. The molecule has 1 aromatic heterocycles. The van der Waals surface area contributed by atoms with Crippen LogP contribution in [0.15, 0.2) is 60.7 Å². The number of carbonyl (C=O) groups is 1. The molecule has 1 heterocycles. The highest BCUT2D eigenvalue weighted by molar-refractivity contribution is 6.74. The van der Waals surface area contributed by atoms with Crippen molar-refractivity contribution < 1.29 is 19.1 Å². The van der Waals surface area contributed by atoms with Gasteiger partial charge in [0.1, 0.15) is 0 Å². The molecule has 1 atom stereocenters. The van der Waals surface area contributed by atoms with Gasteiger partial charge in [-0.1, -0.05) is 69.3 Å². The number of pyridine rings is 1. The Balaban J connectivity index is 1.78. The first-order chi connectivity index (χ1) is 19.1. The number of para-hydroxylation sites is 1. The average molecular weight is 560 g/mol. The molecule has 6 heteroatoms. The number of unbranched alkanes of at least 4 members (excludes halogenated alkanes) is 3. The summed E-state index contributed by atoms with van der Waals surface area (Å²) in [5.41, 5.74) is 3.21. The predicted octanol–water partition coefficient (Wildman–Crippen LogP) is 8.74. The summed E-state index contributed by atoms with van der Waals surface area (Å²) in [7, 11) is -2.14. The van der Waals surface area contributed by atoms with Crippen molar-refractivity contribution >= 4 is 25.2 Å². The second-order valence-electron chi connectivity index (χ2n) is 11.9. The van der Waals surface area contributed by atoms with Crippen LogP contribution in [0.1, 0.15) is 82.9 Å². The molecule has 0 aliphatic rings. The summed E-state index contributed by atoms with van der Waals surface area (Å²) < 4.78 is 13.3. The van der Waals surface area contributed by atoms with Crippen molar-refractivity contribution in [3.8, 4) is 17.7 Å². The second kappa shape index (κ2) is 15.0. The van der Waals surface area contributed by atoms with Crippen molar-refractivity contribution in [2.45, 2.75) is 96.4 Å². The molecule has 0 fully saturated rings. The van der Waals surface area contributed by atoms with Gasteiger partial charge in [-0.3, -0.25) is 4.79 Å². The van der Waals surface area contributed by atoms with Crippen LogP contribution in [0.5, 0.6) is 5.88 Å². The van der Waals surface area contributed by atoms with Crippen molar-refractivity contribution in [1.82, 2.24) is 4.98 Å². The number of aliphatic carboxylic acids is 1. The molecule has 0 aliphatic heterocycles. The average Bonchev–Trinajstić information content (AvgIpc) is 2.91. The van der Waals surface area contributed by atoms with Gasteiger partial charge < -0.3 is 14.3 Å². The minimum absolute atomic E-state index is 0.0320. The molecule has 3 rings (SSSR count). The first-order valence-corrected chi connectivity index (χ1v) is 17.4. The summed E-state index contributed by atoms with van der Waals surface area (Å²) >= 11 is 0. The topological polar surface area (TPSA) is 68.7 Å². The molecule has 214 valence electrons. The van der Waals surface area contributed by atoms with Crippen LogP contribution < -0.4 is 4.74 Å². The van der Waals surface area contributed by atoms with Gasteiger partial charge in [-0.05, 0) is 67.9 Å². The maximum Gasteiger partial charge on any atom is 0.303 e. The Hall–Kier alpha value is -3.14. The zero-order valence-electron chi connectivity index (χ0n) is 24.8. The SMILES string of the molecule is CC(C)(C)[Si](C)(C)OC(CC#CCCCC(=O)O)c1cc2ccccc2nc1OCCCCCc1ccccc1. The highest BCUT2D eigenvalue weighted by atomic mass is 28.4. The maximum atomic E-state index is 10.8. The fourth-order valence-corrected chi connectivity index (χ4v) is 5.49. The van der Waals surface area contributed by atoms with E-state index >= 15 is 0 Å². The first-order valence-electron chi connectivity index (χ1n) is 14.5. The molecule has 40 heavy (non-hydrogen) atoms. The standard InChI is InChI=1S/C34H45NO4Si/c1-34(2,3)40(4,5)39-31(23-13-6-7-14-24-32(36)37)29-26-28-21-15-16-22-30(28)35-33(29)38-25-17-9-12-20-27-18-10-8-11-19-27/h8,10-11,15-16,18-19,21-22,26,31H,7,9,12,14,17,20,23-25H2,1-5H3,(H,36,37). The number of rotatable bonds is 14. The summed E-state index contributed by atoms with van der Waals surface area (Å²) in [6.45, 7) is 11.8. The smallest absolute Gasteiger partial charge is 0.303 e. The van der Waals surface area contributed by atoms with E-state index in [-0.39, 0.29) is 17.6 Å². The Morgan fingerprint density at radius 2 is 1.70 bits per heavy atom. The number of hydrogen-bond acceptors (Lipinski definition) is 4. The molecule has 0 saturated heterocycles. The molecule has 3 aromatic rings. The van der Waals surface area contributed by atoms with Crippen molar-refractivity contribution in [1.29, 1.82) is 0 Å². The fourth-order valence-electron chi connectivity index (χ4n) is 4.21. The van der Waals surface area contributed by atoms with E-state index in [9.17, 15) is 4.79 Å². The summed E-state index contributed by atoms with van der Waals surface area (Å²) in [4.78, 5) is 15.8. The number of aromatic nitrogens is 1. The number of benzene rings is 2. The van der Waals surface area contributed by atoms with Crippen molar-refractivity contribution in [3.05, 3.63) is 71.8 Å². The van der Waals surface area contributed by atoms with E-state index < -0.39 is 14.3 Å². The lowest BCUT2D eigenvalue weighted by Crippen LogP contribution is -2.41. The highest BCUT2D eigenvalue weighted by Gasteiger charge is 2.40. The molecule has 0 saturated carbocycles. The van der Waals surface area contributed by atoms with Crippen LogP contribution in [0.2, 0.25) is 18.1 Å². The Labute approximate surface area is 241 Å². The summed E-state index contributed by atoms with van der Waals surface area (Å²) in [5.74, 6) is 6.28. The number of nitrogens with zero attached hydrogens (tertiary/aromatic N) is 1. The van der Waals surface area contributed by atoms with E-state index in [0.717, 1.165) is 42.1 Å². The van der Waals surface area contributed by atoms with Gasteiger partial charge in [0, 0.05) is 30.2 Å². The van der Waals surface area contributed by atoms with Crippen LogP contribution in [0.25, 0.3) is 10.9 Å². The summed E-state index contributed by atoms with van der Waals surface area (Å²) in [6.07, 6.45) is 5.71. The van der Waals surface area contributed by atoms with Gasteiger partial charge in [0.15, 0.2) is 8.32 Å².